The van der Waals surface area contributed by atoms with Crippen molar-refractivity contribution in [2.24, 2.45) is 0 Å². The Morgan fingerprint density at radius 3 is 3.00 bits per heavy atom. The van der Waals surface area contributed by atoms with E-state index in [1.165, 1.54) is 11.3 Å². The monoisotopic (exact) mass is 211 g/mol. The molecule has 0 saturated carbocycles. The highest BCUT2D eigenvalue weighted by Crippen LogP contribution is 2.27. The van der Waals surface area contributed by atoms with Crippen molar-refractivity contribution in [2.75, 3.05) is 23.9 Å². The van der Waals surface area contributed by atoms with Gasteiger partial charge in [-0.05, 0) is 18.1 Å². The third-order valence-electron chi connectivity index (χ3n) is 2.59. The number of para-hydroxylation sites is 1. The molecule has 1 heterocycles. The molecule has 1 aliphatic rings. The third kappa shape index (κ3) is 1.86. The highest BCUT2D eigenvalue weighted by Gasteiger charge is 2.19. The van der Waals surface area contributed by atoms with Crippen molar-refractivity contribution in [1.82, 2.24) is 0 Å². The number of benzene rings is 1. The highest BCUT2D eigenvalue weighted by molar-refractivity contribution is 6.18. The van der Waals surface area contributed by atoms with E-state index >= 15 is 0 Å². The Kier molecular flexibility index (Phi) is 2.94. The molecule has 1 aliphatic heterocycles. The van der Waals surface area contributed by atoms with Crippen molar-refractivity contribution >= 4 is 17.3 Å². The summed E-state index contributed by atoms with van der Waals surface area (Å²) in [6.07, 6.45) is 0.647. The van der Waals surface area contributed by atoms with Crippen LogP contribution in [0.4, 0.5) is 5.69 Å². The van der Waals surface area contributed by atoms with E-state index < -0.39 is 6.10 Å². The molecule has 14 heavy (non-hydrogen) atoms. The Balaban J connectivity index is 2.10. The molecular formula is C11H14ClNO. The second-order valence-electron chi connectivity index (χ2n) is 3.63. The van der Waals surface area contributed by atoms with Crippen LogP contribution in [0.5, 0.6) is 0 Å². The van der Waals surface area contributed by atoms with Crippen molar-refractivity contribution in [3.05, 3.63) is 29.8 Å². The van der Waals surface area contributed by atoms with Crippen LogP contribution in [0.25, 0.3) is 0 Å². The quantitative estimate of drug-likeness (QED) is 0.769. The summed E-state index contributed by atoms with van der Waals surface area (Å²) in [6.45, 7) is 1.63. The Morgan fingerprint density at radius 2 is 2.21 bits per heavy atom. The van der Waals surface area contributed by atoms with Gasteiger partial charge in [0.15, 0.2) is 0 Å². The molecule has 1 atom stereocenters. The van der Waals surface area contributed by atoms with Crippen molar-refractivity contribution in [1.29, 1.82) is 0 Å². The molecule has 0 fully saturated rings. The maximum absolute atomic E-state index is 9.47. The van der Waals surface area contributed by atoms with Gasteiger partial charge in [-0.25, -0.2) is 0 Å². The minimum atomic E-state index is -0.428. The largest absolute Gasteiger partial charge is 0.390 e. The first-order valence-corrected chi connectivity index (χ1v) is 5.41. The lowest BCUT2D eigenvalue weighted by molar-refractivity contribution is 0.204. The van der Waals surface area contributed by atoms with Crippen molar-refractivity contribution in [3.63, 3.8) is 0 Å². The lowest BCUT2D eigenvalue weighted by atomic mass is 10.2. The smallest absolute Gasteiger partial charge is 0.0850 e. The molecule has 1 unspecified atom stereocenters. The number of hydrogen-bond acceptors (Lipinski definition) is 2. The predicted molar refractivity (Wildman–Crippen MR) is 59.1 cm³/mol. The topological polar surface area (TPSA) is 23.5 Å². The summed E-state index contributed by atoms with van der Waals surface area (Å²) in [5, 5.41) is 9.47. The molecule has 2 rings (SSSR count). The molecule has 0 aliphatic carbocycles. The van der Waals surface area contributed by atoms with Gasteiger partial charge in [0, 0.05) is 18.8 Å². The van der Waals surface area contributed by atoms with Crippen LogP contribution in [-0.2, 0) is 6.42 Å². The number of nitrogens with zero attached hydrogens (tertiary/aromatic N) is 1. The van der Waals surface area contributed by atoms with Crippen LogP contribution in [0, 0.1) is 0 Å². The van der Waals surface area contributed by atoms with Crippen LogP contribution in [0.1, 0.15) is 5.56 Å². The van der Waals surface area contributed by atoms with E-state index in [1.807, 2.05) is 6.07 Å². The summed E-state index contributed by atoms with van der Waals surface area (Å²) in [6, 6.07) is 8.33. The van der Waals surface area contributed by atoms with Crippen LogP contribution in [0.2, 0.25) is 0 Å². The lowest BCUT2D eigenvalue weighted by Gasteiger charge is -2.21. The van der Waals surface area contributed by atoms with Crippen molar-refractivity contribution < 1.29 is 5.11 Å². The number of fused-ring (bicyclic) bond motifs is 1. The maximum Gasteiger partial charge on any atom is 0.0850 e. The average molecular weight is 212 g/mol. The number of aliphatic hydroxyl groups is 1. The SMILES string of the molecule is OC(CCl)CN1CCc2ccccc21. The molecular weight excluding hydrogens is 198 g/mol. The summed E-state index contributed by atoms with van der Waals surface area (Å²) in [5.41, 5.74) is 2.62. The Labute approximate surface area is 89.1 Å². The van der Waals surface area contributed by atoms with Crippen molar-refractivity contribution in [3.8, 4) is 0 Å². The minimum absolute atomic E-state index is 0.304. The fourth-order valence-electron chi connectivity index (χ4n) is 1.90. The fraction of sp³-hybridized carbons (Fsp3) is 0.455. The fourth-order valence-corrected chi connectivity index (χ4v) is 2.00. The number of halogens is 1. The van der Waals surface area contributed by atoms with Gasteiger partial charge in [0.1, 0.15) is 0 Å². The zero-order valence-corrected chi connectivity index (χ0v) is 8.74. The Hall–Kier alpha value is -0.730. The number of β-amino-alcohol motifs (C(OH)–C–C–N with tert-alkyl or cyclic N) is 1. The second-order valence-corrected chi connectivity index (χ2v) is 3.94. The van der Waals surface area contributed by atoms with Gasteiger partial charge >= 0.3 is 0 Å². The molecule has 1 N–H and O–H groups in total. The summed E-state index contributed by atoms with van der Waals surface area (Å²) >= 11 is 5.58. The van der Waals surface area contributed by atoms with E-state index in [4.69, 9.17) is 11.6 Å². The normalized spacial score (nSPS) is 16.9. The first-order valence-electron chi connectivity index (χ1n) is 4.88. The van der Waals surface area contributed by atoms with Gasteiger partial charge in [0.05, 0.1) is 12.0 Å². The Morgan fingerprint density at radius 1 is 1.43 bits per heavy atom. The van der Waals surface area contributed by atoms with E-state index in [1.54, 1.807) is 0 Å². The number of alkyl halides is 1. The zero-order chi connectivity index (χ0) is 9.97. The van der Waals surface area contributed by atoms with Gasteiger partial charge < -0.3 is 10.0 Å². The number of aliphatic hydroxyl groups excluding tert-OH is 1. The van der Waals surface area contributed by atoms with E-state index in [2.05, 4.69) is 23.1 Å². The molecule has 0 amide bonds. The molecule has 0 aromatic heterocycles. The second kappa shape index (κ2) is 4.20. The number of rotatable bonds is 3. The van der Waals surface area contributed by atoms with Crippen LogP contribution in [-0.4, -0.2) is 30.2 Å². The molecule has 0 radical (unpaired) electrons. The van der Waals surface area contributed by atoms with Gasteiger partial charge in [-0.2, -0.15) is 0 Å². The molecule has 76 valence electrons. The van der Waals surface area contributed by atoms with Crippen LogP contribution < -0.4 is 4.90 Å². The van der Waals surface area contributed by atoms with Crippen LogP contribution in [0.3, 0.4) is 0 Å². The lowest BCUT2D eigenvalue weighted by Crippen LogP contribution is -2.31. The minimum Gasteiger partial charge on any atom is -0.390 e. The zero-order valence-electron chi connectivity index (χ0n) is 7.99. The van der Waals surface area contributed by atoms with Gasteiger partial charge in [-0.1, -0.05) is 18.2 Å². The Bertz CT molecular complexity index is 316. The summed E-state index contributed by atoms with van der Waals surface area (Å²) in [7, 11) is 0. The highest BCUT2D eigenvalue weighted by atomic mass is 35.5. The van der Waals surface area contributed by atoms with E-state index in [-0.39, 0.29) is 0 Å². The molecule has 0 saturated heterocycles. The number of hydrogen-bond donors (Lipinski definition) is 1. The van der Waals surface area contributed by atoms with Gasteiger partial charge in [-0.15, -0.1) is 11.6 Å². The molecule has 3 heteroatoms. The number of anilines is 1. The molecule has 0 bridgehead atoms. The molecule has 1 aromatic rings. The first kappa shape index (κ1) is 9.81. The van der Waals surface area contributed by atoms with Gasteiger partial charge in [0.25, 0.3) is 0 Å². The summed E-state index contributed by atoms with van der Waals surface area (Å²) < 4.78 is 0. The van der Waals surface area contributed by atoms with E-state index in [9.17, 15) is 5.11 Å². The first-order chi connectivity index (χ1) is 6.81. The van der Waals surface area contributed by atoms with Crippen LogP contribution >= 0.6 is 11.6 Å². The molecule has 0 spiro atoms. The standard InChI is InChI=1S/C11H14ClNO/c12-7-10(14)8-13-6-5-9-3-1-2-4-11(9)13/h1-4,10,14H,5-8H2. The van der Waals surface area contributed by atoms with Crippen LogP contribution in [0.15, 0.2) is 24.3 Å². The summed E-state index contributed by atoms with van der Waals surface area (Å²) in [4.78, 5) is 2.20. The third-order valence-corrected chi connectivity index (χ3v) is 2.95. The van der Waals surface area contributed by atoms with E-state index in [0.717, 1.165) is 13.0 Å². The van der Waals surface area contributed by atoms with Crippen molar-refractivity contribution in [2.45, 2.75) is 12.5 Å². The van der Waals surface area contributed by atoms with Gasteiger partial charge in [-0.3, -0.25) is 0 Å². The molecule has 2 nitrogen and oxygen atoms in total. The predicted octanol–water partition coefficient (Wildman–Crippen LogP) is 1.65. The molecule has 1 aromatic carbocycles. The van der Waals surface area contributed by atoms with E-state index in [0.29, 0.717) is 12.4 Å². The van der Waals surface area contributed by atoms with Gasteiger partial charge in [0.2, 0.25) is 0 Å². The average Bonchev–Trinajstić information content (AvgIpc) is 2.62. The summed E-state index contributed by atoms with van der Waals surface area (Å²) in [5.74, 6) is 0.304. The maximum atomic E-state index is 9.47.